The third kappa shape index (κ3) is 4.87. The zero-order valence-corrected chi connectivity index (χ0v) is 13.5. The van der Waals surface area contributed by atoms with E-state index in [1.165, 1.54) is 6.07 Å². The molecule has 2 N–H and O–H groups in total. The molecular weight excluding hydrogens is 314 g/mol. The van der Waals surface area contributed by atoms with Gasteiger partial charge < -0.3 is 10.6 Å². The molecule has 0 atom stereocenters. The van der Waals surface area contributed by atoms with E-state index in [9.17, 15) is 18.4 Å². The molecule has 2 aromatic carbocycles. The number of anilines is 1. The van der Waals surface area contributed by atoms with Crippen molar-refractivity contribution in [3.8, 4) is 0 Å². The van der Waals surface area contributed by atoms with Crippen molar-refractivity contribution in [1.82, 2.24) is 5.32 Å². The lowest BCUT2D eigenvalue weighted by molar-refractivity contribution is -0.123. The Labute approximate surface area is 138 Å². The summed E-state index contributed by atoms with van der Waals surface area (Å²) in [5, 5.41) is 4.88. The third-order valence-corrected chi connectivity index (χ3v) is 3.59. The summed E-state index contributed by atoms with van der Waals surface area (Å²) in [6.45, 7) is 3.70. The van der Waals surface area contributed by atoms with Crippen LogP contribution in [0.25, 0.3) is 0 Å². The molecule has 0 fully saturated rings. The normalized spacial score (nSPS) is 10.3. The van der Waals surface area contributed by atoms with Crippen LogP contribution >= 0.6 is 0 Å². The van der Waals surface area contributed by atoms with Crippen LogP contribution in [0.1, 0.15) is 16.7 Å². The lowest BCUT2D eigenvalue weighted by Gasteiger charge is -2.08. The Morgan fingerprint density at radius 3 is 2.33 bits per heavy atom. The van der Waals surface area contributed by atoms with Crippen molar-refractivity contribution in [2.45, 2.75) is 20.3 Å². The van der Waals surface area contributed by atoms with Gasteiger partial charge in [-0.3, -0.25) is 9.59 Å². The first kappa shape index (κ1) is 17.6. The number of benzene rings is 2. The van der Waals surface area contributed by atoms with Crippen molar-refractivity contribution in [2.75, 3.05) is 11.9 Å². The van der Waals surface area contributed by atoms with Gasteiger partial charge in [0.2, 0.25) is 11.8 Å². The Hall–Kier alpha value is -2.76. The second-order valence-electron chi connectivity index (χ2n) is 5.55. The molecule has 2 aromatic rings. The van der Waals surface area contributed by atoms with Crippen LogP contribution in [0.4, 0.5) is 14.5 Å². The fourth-order valence-electron chi connectivity index (χ4n) is 2.12. The molecule has 126 valence electrons. The van der Waals surface area contributed by atoms with E-state index in [0.717, 1.165) is 28.8 Å². The van der Waals surface area contributed by atoms with Gasteiger partial charge in [0.15, 0.2) is 11.6 Å². The minimum atomic E-state index is -1.05. The molecule has 0 aromatic heterocycles. The quantitative estimate of drug-likeness (QED) is 0.884. The van der Waals surface area contributed by atoms with Gasteiger partial charge in [0.1, 0.15) is 0 Å². The van der Waals surface area contributed by atoms with E-state index >= 15 is 0 Å². The second kappa shape index (κ2) is 7.68. The summed E-state index contributed by atoms with van der Waals surface area (Å²) >= 11 is 0. The molecule has 0 unspecified atom stereocenters. The highest BCUT2D eigenvalue weighted by Crippen LogP contribution is 2.13. The van der Waals surface area contributed by atoms with Crippen molar-refractivity contribution in [1.29, 1.82) is 0 Å². The Morgan fingerprint density at radius 2 is 1.67 bits per heavy atom. The fraction of sp³-hybridized carbons (Fsp3) is 0.222. The zero-order valence-electron chi connectivity index (χ0n) is 13.5. The predicted molar refractivity (Wildman–Crippen MR) is 87.6 cm³/mol. The molecule has 4 nitrogen and oxygen atoms in total. The lowest BCUT2D eigenvalue weighted by atomic mass is 10.0. The first-order valence-electron chi connectivity index (χ1n) is 7.43. The summed E-state index contributed by atoms with van der Waals surface area (Å²) in [6, 6.07) is 8.77. The zero-order chi connectivity index (χ0) is 17.7. The van der Waals surface area contributed by atoms with Gasteiger partial charge in [0.05, 0.1) is 13.0 Å². The number of carbonyl (C=O) groups is 2. The molecule has 0 heterocycles. The maximum Gasteiger partial charge on any atom is 0.243 e. The Kier molecular flexibility index (Phi) is 5.63. The van der Waals surface area contributed by atoms with E-state index in [1.807, 2.05) is 32.0 Å². The summed E-state index contributed by atoms with van der Waals surface area (Å²) in [5.41, 5.74) is 3.22. The standard InChI is InChI=1S/C18H18F2N2O2/c1-11-3-4-13(7-12(11)2)8-17(23)21-10-18(24)22-14-5-6-15(19)16(20)9-14/h3-7,9H,8,10H2,1-2H3,(H,21,23)(H,22,24). The molecule has 0 aliphatic rings. The highest BCUT2D eigenvalue weighted by atomic mass is 19.2. The molecule has 0 saturated carbocycles. The first-order chi connectivity index (χ1) is 11.3. The van der Waals surface area contributed by atoms with Gasteiger partial charge in [-0.15, -0.1) is 0 Å². The summed E-state index contributed by atoms with van der Waals surface area (Å²) in [7, 11) is 0. The van der Waals surface area contributed by atoms with E-state index in [1.54, 1.807) is 0 Å². The maximum atomic E-state index is 13.1. The van der Waals surface area contributed by atoms with Crippen LogP contribution in [-0.4, -0.2) is 18.4 Å². The average molecular weight is 332 g/mol. The number of halogens is 2. The summed E-state index contributed by atoms with van der Waals surface area (Å²) in [6.07, 6.45) is 0.166. The van der Waals surface area contributed by atoms with Crippen LogP contribution in [0.5, 0.6) is 0 Å². The van der Waals surface area contributed by atoms with Crippen LogP contribution in [-0.2, 0) is 16.0 Å². The Bertz CT molecular complexity index is 710. The molecule has 0 aliphatic heterocycles. The second-order valence-corrected chi connectivity index (χ2v) is 5.55. The third-order valence-electron chi connectivity index (χ3n) is 3.59. The van der Waals surface area contributed by atoms with Gasteiger partial charge in [-0.25, -0.2) is 8.78 Å². The topological polar surface area (TPSA) is 58.2 Å². The monoisotopic (exact) mass is 332 g/mol. The van der Waals surface area contributed by atoms with Crippen LogP contribution in [0.3, 0.4) is 0 Å². The minimum absolute atomic E-state index is 0.127. The van der Waals surface area contributed by atoms with Crippen LogP contribution in [0, 0.1) is 25.5 Å². The van der Waals surface area contributed by atoms with E-state index < -0.39 is 17.5 Å². The average Bonchev–Trinajstić information content (AvgIpc) is 2.53. The fourth-order valence-corrected chi connectivity index (χ4v) is 2.12. The summed E-state index contributed by atoms with van der Waals surface area (Å²) in [5.74, 6) is -2.85. The van der Waals surface area contributed by atoms with Gasteiger partial charge in [-0.05, 0) is 42.7 Å². The van der Waals surface area contributed by atoms with Gasteiger partial charge in [0.25, 0.3) is 0 Å². The molecule has 6 heteroatoms. The highest BCUT2D eigenvalue weighted by molar-refractivity contribution is 5.94. The molecule has 0 aliphatic carbocycles. The number of rotatable bonds is 5. The SMILES string of the molecule is Cc1ccc(CC(=O)NCC(=O)Nc2ccc(F)c(F)c2)cc1C. The van der Waals surface area contributed by atoms with Crippen molar-refractivity contribution in [2.24, 2.45) is 0 Å². The molecule has 0 bridgehead atoms. The first-order valence-corrected chi connectivity index (χ1v) is 7.43. The van der Waals surface area contributed by atoms with E-state index in [4.69, 9.17) is 0 Å². The number of hydrogen-bond acceptors (Lipinski definition) is 2. The number of hydrogen-bond donors (Lipinski definition) is 2. The largest absolute Gasteiger partial charge is 0.347 e. The van der Waals surface area contributed by atoms with Gasteiger partial charge in [-0.2, -0.15) is 0 Å². The molecule has 0 spiro atoms. The smallest absolute Gasteiger partial charge is 0.243 e. The maximum absolute atomic E-state index is 13.1. The summed E-state index contributed by atoms with van der Waals surface area (Å²) < 4.78 is 25.9. The molecule has 0 saturated heterocycles. The Morgan fingerprint density at radius 1 is 0.917 bits per heavy atom. The predicted octanol–water partition coefficient (Wildman–Crippen LogP) is 2.88. The van der Waals surface area contributed by atoms with Crippen LogP contribution in [0.2, 0.25) is 0 Å². The minimum Gasteiger partial charge on any atom is -0.347 e. The molecule has 24 heavy (non-hydrogen) atoms. The molecule has 0 radical (unpaired) electrons. The van der Waals surface area contributed by atoms with E-state index in [2.05, 4.69) is 10.6 Å². The molecule has 2 rings (SSSR count). The molecular formula is C18H18F2N2O2. The van der Waals surface area contributed by atoms with Gasteiger partial charge >= 0.3 is 0 Å². The summed E-state index contributed by atoms with van der Waals surface area (Å²) in [4.78, 5) is 23.6. The van der Waals surface area contributed by atoms with E-state index in [0.29, 0.717) is 0 Å². The van der Waals surface area contributed by atoms with Crippen molar-refractivity contribution in [3.05, 3.63) is 64.7 Å². The number of amides is 2. The van der Waals surface area contributed by atoms with E-state index in [-0.39, 0.29) is 24.6 Å². The van der Waals surface area contributed by atoms with Crippen LogP contribution in [0.15, 0.2) is 36.4 Å². The number of carbonyl (C=O) groups excluding carboxylic acids is 2. The van der Waals surface area contributed by atoms with Gasteiger partial charge in [0, 0.05) is 11.8 Å². The molecule has 2 amide bonds. The van der Waals surface area contributed by atoms with Crippen LogP contribution < -0.4 is 10.6 Å². The number of nitrogens with one attached hydrogen (secondary N) is 2. The van der Waals surface area contributed by atoms with Crippen molar-refractivity contribution >= 4 is 17.5 Å². The van der Waals surface area contributed by atoms with Crippen molar-refractivity contribution < 1.29 is 18.4 Å². The highest BCUT2D eigenvalue weighted by Gasteiger charge is 2.09. The lowest BCUT2D eigenvalue weighted by Crippen LogP contribution is -2.33. The van der Waals surface area contributed by atoms with Crippen molar-refractivity contribution in [3.63, 3.8) is 0 Å². The number of aryl methyl sites for hydroxylation is 2. The Balaban J connectivity index is 1.83. The van der Waals surface area contributed by atoms with Gasteiger partial charge in [-0.1, -0.05) is 18.2 Å².